The summed E-state index contributed by atoms with van der Waals surface area (Å²) >= 11 is 0. The quantitative estimate of drug-likeness (QED) is 0.872. The zero-order valence-electron chi connectivity index (χ0n) is 11.5. The van der Waals surface area contributed by atoms with Crippen molar-refractivity contribution >= 4 is 10.0 Å². The second-order valence-corrected chi connectivity index (χ2v) is 7.19. The number of hydrogen-bond acceptors (Lipinski definition) is 3. The van der Waals surface area contributed by atoms with Crippen molar-refractivity contribution in [2.45, 2.75) is 38.0 Å². The molecule has 1 aromatic carbocycles. The van der Waals surface area contributed by atoms with Crippen LogP contribution in [-0.2, 0) is 15.8 Å². The van der Waals surface area contributed by atoms with Crippen LogP contribution >= 0.6 is 0 Å². The summed E-state index contributed by atoms with van der Waals surface area (Å²) in [6.45, 7) is 1.63. The maximum atomic E-state index is 13.8. The SMILES string of the molecule is Cc1ccc(CS(=O)(=O)N(CCO)C2CCC2)c(F)c1. The van der Waals surface area contributed by atoms with Gasteiger partial charge in [-0.1, -0.05) is 18.6 Å². The number of aryl methyl sites for hydroxylation is 1. The van der Waals surface area contributed by atoms with Gasteiger partial charge in [0.25, 0.3) is 0 Å². The van der Waals surface area contributed by atoms with Gasteiger partial charge in [-0.2, -0.15) is 4.31 Å². The molecule has 0 atom stereocenters. The average Bonchev–Trinajstić information content (AvgIpc) is 2.30. The molecule has 1 aliphatic carbocycles. The van der Waals surface area contributed by atoms with Gasteiger partial charge in [-0.25, -0.2) is 12.8 Å². The highest BCUT2D eigenvalue weighted by atomic mass is 32.2. The summed E-state index contributed by atoms with van der Waals surface area (Å²) in [6, 6.07) is 4.51. The zero-order valence-corrected chi connectivity index (χ0v) is 12.4. The first-order valence-electron chi connectivity index (χ1n) is 6.79. The van der Waals surface area contributed by atoms with Crippen LogP contribution in [0.5, 0.6) is 0 Å². The van der Waals surface area contributed by atoms with E-state index in [1.165, 1.54) is 16.4 Å². The molecule has 0 spiro atoms. The molecule has 0 aliphatic heterocycles. The standard InChI is InChI=1S/C14H20FNO3S/c1-11-5-6-12(14(15)9-11)10-20(18,19)16(7-8-17)13-3-2-4-13/h5-6,9,13,17H,2-4,7-8,10H2,1H3. The molecule has 0 aromatic heterocycles. The van der Waals surface area contributed by atoms with Gasteiger partial charge >= 0.3 is 0 Å². The van der Waals surface area contributed by atoms with Crippen molar-refractivity contribution < 1.29 is 17.9 Å². The van der Waals surface area contributed by atoms with Crippen molar-refractivity contribution in [1.82, 2.24) is 4.31 Å². The fraction of sp³-hybridized carbons (Fsp3) is 0.571. The van der Waals surface area contributed by atoms with E-state index in [0.29, 0.717) is 0 Å². The minimum absolute atomic E-state index is 0.0411. The highest BCUT2D eigenvalue weighted by Crippen LogP contribution is 2.28. The number of rotatable bonds is 6. The van der Waals surface area contributed by atoms with Crippen LogP contribution in [0.15, 0.2) is 18.2 Å². The number of nitrogens with zero attached hydrogens (tertiary/aromatic N) is 1. The number of aliphatic hydroxyl groups is 1. The van der Waals surface area contributed by atoms with Crippen molar-refractivity contribution in [2.24, 2.45) is 0 Å². The Balaban J connectivity index is 2.19. The summed E-state index contributed by atoms with van der Waals surface area (Å²) in [5.41, 5.74) is 0.938. The summed E-state index contributed by atoms with van der Waals surface area (Å²) in [6.07, 6.45) is 2.63. The number of hydrogen-bond donors (Lipinski definition) is 1. The van der Waals surface area contributed by atoms with Crippen molar-refractivity contribution in [1.29, 1.82) is 0 Å². The topological polar surface area (TPSA) is 57.6 Å². The minimum atomic E-state index is -3.60. The lowest BCUT2D eigenvalue weighted by atomic mass is 9.93. The van der Waals surface area contributed by atoms with Gasteiger partial charge in [-0.15, -0.1) is 0 Å². The molecule has 0 radical (unpaired) electrons. The Labute approximate surface area is 119 Å². The molecule has 0 saturated heterocycles. The van der Waals surface area contributed by atoms with Crippen LogP contribution < -0.4 is 0 Å². The molecule has 1 aliphatic rings. The summed E-state index contributed by atoms with van der Waals surface area (Å²) < 4.78 is 39.9. The summed E-state index contributed by atoms with van der Waals surface area (Å²) in [7, 11) is -3.60. The second-order valence-electron chi connectivity index (χ2n) is 5.27. The third kappa shape index (κ3) is 3.37. The fourth-order valence-corrected chi connectivity index (χ4v) is 4.19. The monoisotopic (exact) mass is 301 g/mol. The van der Waals surface area contributed by atoms with Crippen LogP contribution in [0.2, 0.25) is 0 Å². The molecule has 112 valence electrons. The number of halogens is 1. The normalized spacial score (nSPS) is 16.4. The molecule has 0 bridgehead atoms. The molecule has 2 rings (SSSR count). The lowest BCUT2D eigenvalue weighted by Gasteiger charge is -2.36. The van der Waals surface area contributed by atoms with Gasteiger partial charge in [-0.3, -0.25) is 0 Å². The number of sulfonamides is 1. The lowest BCUT2D eigenvalue weighted by Crippen LogP contribution is -2.46. The molecule has 1 N–H and O–H groups in total. The van der Waals surface area contributed by atoms with Crippen LogP contribution in [0, 0.1) is 12.7 Å². The summed E-state index contributed by atoms with van der Waals surface area (Å²) in [5, 5.41) is 9.05. The lowest BCUT2D eigenvalue weighted by molar-refractivity contribution is 0.178. The van der Waals surface area contributed by atoms with Crippen LogP contribution in [0.1, 0.15) is 30.4 Å². The molecule has 0 unspecified atom stereocenters. The number of aliphatic hydroxyl groups excluding tert-OH is 1. The molecule has 20 heavy (non-hydrogen) atoms. The van der Waals surface area contributed by atoms with Crippen molar-refractivity contribution in [3.8, 4) is 0 Å². The van der Waals surface area contributed by atoms with E-state index in [0.717, 1.165) is 24.8 Å². The molecular formula is C14H20FNO3S. The largest absolute Gasteiger partial charge is 0.395 e. The van der Waals surface area contributed by atoms with Crippen molar-refractivity contribution in [2.75, 3.05) is 13.2 Å². The van der Waals surface area contributed by atoms with E-state index in [9.17, 15) is 12.8 Å². The Morgan fingerprint density at radius 1 is 1.40 bits per heavy atom. The fourth-order valence-electron chi connectivity index (χ4n) is 2.37. The van der Waals surface area contributed by atoms with Gasteiger partial charge in [0.15, 0.2) is 0 Å². The van der Waals surface area contributed by atoms with Crippen LogP contribution in [-0.4, -0.2) is 37.0 Å². The van der Waals surface area contributed by atoms with Gasteiger partial charge in [-0.05, 0) is 31.4 Å². The first-order valence-corrected chi connectivity index (χ1v) is 8.40. The maximum Gasteiger partial charge on any atom is 0.218 e. The predicted molar refractivity (Wildman–Crippen MR) is 75.2 cm³/mol. The van der Waals surface area contributed by atoms with Crippen LogP contribution in [0.25, 0.3) is 0 Å². The van der Waals surface area contributed by atoms with E-state index in [-0.39, 0.29) is 30.5 Å². The molecule has 1 fully saturated rings. The minimum Gasteiger partial charge on any atom is -0.395 e. The molecule has 0 heterocycles. The Morgan fingerprint density at radius 2 is 2.10 bits per heavy atom. The number of benzene rings is 1. The highest BCUT2D eigenvalue weighted by Gasteiger charge is 2.33. The summed E-state index contributed by atoms with van der Waals surface area (Å²) in [5.74, 6) is -0.846. The molecule has 4 nitrogen and oxygen atoms in total. The summed E-state index contributed by atoms with van der Waals surface area (Å²) in [4.78, 5) is 0. The van der Waals surface area contributed by atoms with E-state index in [1.54, 1.807) is 13.0 Å². The van der Waals surface area contributed by atoms with E-state index < -0.39 is 15.8 Å². The molecular weight excluding hydrogens is 281 g/mol. The Hall–Kier alpha value is -0.980. The van der Waals surface area contributed by atoms with Crippen LogP contribution in [0.3, 0.4) is 0 Å². The third-order valence-electron chi connectivity index (χ3n) is 3.71. The van der Waals surface area contributed by atoms with E-state index in [4.69, 9.17) is 5.11 Å². The van der Waals surface area contributed by atoms with Gasteiger partial charge in [0.1, 0.15) is 5.82 Å². The first kappa shape index (κ1) is 15.4. The van der Waals surface area contributed by atoms with E-state index >= 15 is 0 Å². The molecule has 6 heteroatoms. The van der Waals surface area contributed by atoms with Crippen molar-refractivity contribution in [3.63, 3.8) is 0 Å². The first-order chi connectivity index (χ1) is 9.44. The Morgan fingerprint density at radius 3 is 2.60 bits per heavy atom. The van der Waals surface area contributed by atoms with Crippen LogP contribution in [0.4, 0.5) is 4.39 Å². The van der Waals surface area contributed by atoms with Gasteiger partial charge in [0.2, 0.25) is 10.0 Å². The Bertz CT molecular complexity index is 570. The van der Waals surface area contributed by atoms with Gasteiger partial charge < -0.3 is 5.11 Å². The average molecular weight is 301 g/mol. The van der Waals surface area contributed by atoms with Crippen molar-refractivity contribution in [3.05, 3.63) is 35.1 Å². The molecule has 1 saturated carbocycles. The highest BCUT2D eigenvalue weighted by molar-refractivity contribution is 7.88. The Kier molecular flexibility index (Phi) is 4.78. The second kappa shape index (κ2) is 6.20. The van der Waals surface area contributed by atoms with E-state index in [2.05, 4.69) is 0 Å². The maximum absolute atomic E-state index is 13.8. The zero-order chi connectivity index (χ0) is 14.8. The van der Waals surface area contributed by atoms with Gasteiger partial charge in [0, 0.05) is 18.2 Å². The van der Waals surface area contributed by atoms with Gasteiger partial charge in [0.05, 0.1) is 12.4 Å². The van der Waals surface area contributed by atoms with E-state index in [1.807, 2.05) is 0 Å². The molecule has 1 aromatic rings. The smallest absolute Gasteiger partial charge is 0.218 e. The molecule has 0 amide bonds. The predicted octanol–water partition coefficient (Wildman–Crippen LogP) is 1.81. The third-order valence-corrected chi connectivity index (χ3v) is 5.58.